The molecule has 2 heterocycles. The maximum absolute atomic E-state index is 12.4. The maximum Gasteiger partial charge on any atom is 0.308 e. The molecule has 0 aliphatic carbocycles. The van der Waals surface area contributed by atoms with Crippen molar-refractivity contribution in [2.45, 2.75) is 171 Å². The number of carbonyl (C=O) groups excluding carboxylic acids is 1. The van der Waals surface area contributed by atoms with Crippen molar-refractivity contribution < 1.29 is 59.5 Å². The summed E-state index contributed by atoms with van der Waals surface area (Å²) in [4.78, 5) is 12.4. The number of aliphatic hydroxyl groups excluding tert-OH is 7. The molecular formula is C30H56O12. The van der Waals surface area contributed by atoms with E-state index in [-0.39, 0.29) is 6.42 Å². The first-order valence-electron chi connectivity index (χ1n) is 16.0. The summed E-state index contributed by atoms with van der Waals surface area (Å²) in [5, 5.41) is 70.4. The topological polar surface area (TPSA) is 196 Å². The van der Waals surface area contributed by atoms with E-state index in [1.807, 2.05) is 0 Å². The predicted molar refractivity (Wildman–Crippen MR) is 152 cm³/mol. The van der Waals surface area contributed by atoms with E-state index < -0.39 is 80.6 Å². The zero-order chi connectivity index (χ0) is 30.9. The molecule has 2 saturated heterocycles. The van der Waals surface area contributed by atoms with Gasteiger partial charge in [0.2, 0.25) is 6.29 Å². The van der Waals surface area contributed by atoms with Crippen LogP contribution >= 0.6 is 0 Å². The van der Waals surface area contributed by atoms with Crippen LogP contribution in [0.5, 0.6) is 0 Å². The Bertz CT molecular complexity index is 708. The number of ether oxygens (including phenoxy) is 4. The van der Waals surface area contributed by atoms with Crippen LogP contribution in [0.15, 0.2) is 0 Å². The molecule has 7 N–H and O–H groups in total. The van der Waals surface area contributed by atoms with Crippen molar-refractivity contribution in [2.24, 2.45) is 0 Å². The highest BCUT2D eigenvalue weighted by atomic mass is 16.7. The Morgan fingerprint density at radius 2 is 1.02 bits per heavy atom. The molecule has 0 aromatic heterocycles. The highest BCUT2D eigenvalue weighted by Gasteiger charge is 2.51. The van der Waals surface area contributed by atoms with Gasteiger partial charge in [0.15, 0.2) is 6.29 Å². The fourth-order valence-corrected chi connectivity index (χ4v) is 5.48. The molecule has 10 atom stereocenters. The molecule has 2 aliphatic rings. The molecule has 0 bridgehead atoms. The van der Waals surface area contributed by atoms with Gasteiger partial charge in [0.05, 0.1) is 13.2 Å². The van der Waals surface area contributed by atoms with Crippen molar-refractivity contribution in [3.8, 4) is 0 Å². The van der Waals surface area contributed by atoms with E-state index in [0.717, 1.165) is 19.3 Å². The highest BCUT2D eigenvalue weighted by Crippen LogP contribution is 2.29. The number of aliphatic hydroxyl groups is 7. The van der Waals surface area contributed by atoms with Crippen molar-refractivity contribution in [3.05, 3.63) is 0 Å². The van der Waals surface area contributed by atoms with E-state index in [0.29, 0.717) is 6.42 Å². The first-order valence-corrected chi connectivity index (χ1v) is 16.0. The lowest BCUT2D eigenvalue weighted by Gasteiger charge is -2.45. The molecule has 42 heavy (non-hydrogen) atoms. The summed E-state index contributed by atoms with van der Waals surface area (Å²) in [6.45, 7) is 0.861. The van der Waals surface area contributed by atoms with Gasteiger partial charge in [0.1, 0.15) is 48.8 Å². The van der Waals surface area contributed by atoms with Gasteiger partial charge in [-0.15, -0.1) is 0 Å². The van der Waals surface area contributed by atoms with E-state index in [1.165, 1.54) is 70.6 Å². The van der Waals surface area contributed by atoms with Crippen LogP contribution in [-0.2, 0) is 23.7 Å². The third-order valence-electron chi connectivity index (χ3n) is 8.19. The average Bonchev–Trinajstić information content (AvgIpc) is 2.98. The number of hydrogen-bond acceptors (Lipinski definition) is 12. The van der Waals surface area contributed by atoms with E-state index >= 15 is 0 Å². The van der Waals surface area contributed by atoms with Crippen LogP contribution in [-0.4, -0.2) is 116 Å². The Hall–Kier alpha value is -0.930. The van der Waals surface area contributed by atoms with Crippen LogP contribution in [0.4, 0.5) is 0 Å². The zero-order valence-electron chi connectivity index (χ0n) is 25.2. The van der Waals surface area contributed by atoms with Crippen molar-refractivity contribution in [3.63, 3.8) is 0 Å². The molecule has 2 fully saturated rings. The van der Waals surface area contributed by atoms with E-state index in [9.17, 15) is 40.5 Å². The van der Waals surface area contributed by atoms with Gasteiger partial charge in [-0.1, -0.05) is 96.8 Å². The third-order valence-corrected chi connectivity index (χ3v) is 8.19. The zero-order valence-corrected chi connectivity index (χ0v) is 25.2. The van der Waals surface area contributed by atoms with Gasteiger partial charge in [0.25, 0.3) is 0 Å². The van der Waals surface area contributed by atoms with Gasteiger partial charge >= 0.3 is 5.97 Å². The molecule has 2 aliphatic heterocycles. The lowest BCUT2D eigenvalue weighted by atomic mass is 9.97. The minimum Gasteiger partial charge on any atom is -0.433 e. The van der Waals surface area contributed by atoms with Gasteiger partial charge in [0, 0.05) is 6.42 Å². The number of esters is 1. The fraction of sp³-hybridized carbons (Fsp3) is 0.967. The first-order chi connectivity index (χ1) is 20.2. The van der Waals surface area contributed by atoms with Gasteiger partial charge in [-0.25, -0.2) is 0 Å². The van der Waals surface area contributed by atoms with Gasteiger partial charge in [-0.3, -0.25) is 4.79 Å². The molecule has 0 spiro atoms. The summed E-state index contributed by atoms with van der Waals surface area (Å²) in [5.74, 6) is -0.606. The molecule has 2 unspecified atom stereocenters. The van der Waals surface area contributed by atoms with Crippen molar-refractivity contribution in [2.75, 3.05) is 13.2 Å². The Kier molecular flexibility index (Phi) is 18.6. The summed E-state index contributed by atoms with van der Waals surface area (Å²) in [7, 11) is 0. The molecule has 12 heteroatoms. The van der Waals surface area contributed by atoms with Crippen LogP contribution in [0.3, 0.4) is 0 Å². The van der Waals surface area contributed by atoms with Gasteiger partial charge < -0.3 is 54.7 Å². The molecular weight excluding hydrogens is 552 g/mol. The Morgan fingerprint density at radius 3 is 1.52 bits per heavy atom. The molecule has 2 rings (SSSR count). The minimum atomic E-state index is -1.75. The predicted octanol–water partition coefficient (Wildman–Crippen LogP) is 1.42. The molecule has 0 radical (unpaired) electrons. The summed E-state index contributed by atoms with van der Waals surface area (Å²) in [5.41, 5.74) is 0. The van der Waals surface area contributed by atoms with Crippen molar-refractivity contribution >= 4 is 5.97 Å². The number of hydrogen-bond donors (Lipinski definition) is 7. The lowest BCUT2D eigenvalue weighted by molar-refractivity contribution is -0.355. The van der Waals surface area contributed by atoms with Crippen LogP contribution in [0, 0.1) is 0 Å². The standard InChI is InChI=1S/C30H56O12/c1-2-3-4-5-6-7-8-9-10-11-12-13-14-15-16-17-22(33)41-29-27(38)25(36)28(21(19-32)40-29)42-30-26(37)24(35)23(34)20(18-31)39-30/h20-21,23-32,34-38H,2-19H2,1H3/t20-,21?,23-,24+,25?,26-,27-,28-,29+,30-/m1/s1. The Morgan fingerprint density at radius 1 is 0.571 bits per heavy atom. The summed E-state index contributed by atoms with van der Waals surface area (Å²) >= 11 is 0. The Labute approximate surface area is 249 Å². The van der Waals surface area contributed by atoms with Gasteiger partial charge in [-0.2, -0.15) is 0 Å². The second kappa shape index (κ2) is 20.9. The molecule has 248 valence electrons. The Balaban J connectivity index is 1.62. The maximum atomic E-state index is 12.4. The van der Waals surface area contributed by atoms with Crippen LogP contribution in [0.25, 0.3) is 0 Å². The van der Waals surface area contributed by atoms with Crippen LogP contribution in [0.1, 0.15) is 110 Å². The number of unbranched alkanes of at least 4 members (excludes halogenated alkanes) is 14. The van der Waals surface area contributed by atoms with E-state index in [4.69, 9.17) is 18.9 Å². The first kappa shape index (κ1) is 37.3. The average molecular weight is 609 g/mol. The molecule has 12 nitrogen and oxygen atoms in total. The van der Waals surface area contributed by atoms with E-state index in [1.54, 1.807) is 0 Å². The fourth-order valence-electron chi connectivity index (χ4n) is 5.48. The van der Waals surface area contributed by atoms with Crippen molar-refractivity contribution in [1.82, 2.24) is 0 Å². The quantitative estimate of drug-likeness (QED) is 0.0732. The second-order valence-corrected chi connectivity index (χ2v) is 11.7. The summed E-state index contributed by atoms with van der Waals surface area (Å²) < 4.78 is 21.5. The summed E-state index contributed by atoms with van der Waals surface area (Å²) in [6, 6.07) is 0. The molecule has 0 aromatic rings. The van der Waals surface area contributed by atoms with Gasteiger partial charge in [-0.05, 0) is 6.42 Å². The lowest BCUT2D eigenvalue weighted by Crippen LogP contribution is -2.64. The second-order valence-electron chi connectivity index (χ2n) is 11.7. The molecule has 0 aromatic carbocycles. The minimum absolute atomic E-state index is 0.121. The monoisotopic (exact) mass is 608 g/mol. The SMILES string of the molecule is CCCCCCCCCCCCCCCCCC(=O)O[C@@H]1OC(CO)[C@@H](O[C@H]2O[C@H](CO)[C@@H](O)[C@H](O)[C@H]2O)C(O)[C@H]1O. The van der Waals surface area contributed by atoms with E-state index in [2.05, 4.69) is 6.92 Å². The molecule has 0 amide bonds. The van der Waals surface area contributed by atoms with Crippen LogP contribution < -0.4 is 0 Å². The van der Waals surface area contributed by atoms with Crippen LogP contribution in [0.2, 0.25) is 0 Å². The normalized spacial score (nSPS) is 33.5. The summed E-state index contributed by atoms with van der Waals surface area (Å²) in [6.07, 6.45) is 2.52. The van der Waals surface area contributed by atoms with Crippen molar-refractivity contribution in [1.29, 1.82) is 0 Å². The third kappa shape index (κ3) is 12.2. The largest absolute Gasteiger partial charge is 0.433 e. The highest BCUT2D eigenvalue weighted by molar-refractivity contribution is 5.69. The molecule has 0 saturated carbocycles. The number of rotatable bonds is 21. The number of carbonyl (C=O) groups is 1. The smallest absolute Gasteiger partial charge is 0.308 e.